The fraction of sp³-hybridized carbons (Fsp3) is 0.100. The van der Waals surface area contributed by atoms with E-state index in [0.717, 1.165) is 27.9 Å². The molecule has 2 N–H and O–H groups in total. The Morgan fingerprint density at radius 2 is 1.73 bits per heavy atom. The molecule has 0 saturated carbocycles. The Bertz CT molecular complexity index is 1680. The lowest BCUT2D eigenvalue weighted by Gasteiger charge is -2.13. The maximum atomic E-state index is 13.1. The first-order chi connectivity index (χ1) is 19.4. The number of carbonyl (C=O) groups is 1. The third kappa shape index (κ3) is 6.28. The number of ether oxygens (including phenoxy) is 1. The van der Waals surface area contributed by atoms with Gasteiger partial charge in [0, 0.05) is 34.8 Å². The first-order valence-corrected chi connectivity index (χ1v) is 12.3. The molecule has 0 aliphatic heterocycles. The molecule has 0 spiro atoms. The van der Waals surface area contributed by atoms with Gasteiger partial charge in [0.2, 0.25) is 17.7 Å². The lowest BCUT2D eigenvalue weighted by molar-refractivity contribution is -0.116. The molecule has 5 rings (SSSR count). The number of rotatable bonds is 8. The maximum absolute atomic E-state index is 13.1. The number of terminal acetylenes is 1. The zero-order chi connectivity index (χ0) is 28.1. The van der Waals surface area contributed by atoms with E-state index in [9.17, 15) is 9.18 Å². The molecule has 3 aromatic carbocycles. The van der Waals surface area contributed by atoms with Gasteiger partial charge in [0.05, 0.1) is 6.20 Å². The highest BCUT2D eigenvalue weighted by Gasteiger charge is 2.14. The zero-order valence-corrected chi connectivity index (χ0v) is 21.7. The quantitative estimate of drug-likeness (QED) is 0.248. The van der Waals surface area contributed by atoms with Gasteiger partial charge in [0.25, 0.3) is 0 Å². The van der Waals surface area contributed by atoms with Crippen LogP contribution in [0.1, 0.15) is 16.7 Å². The molecular formula is C30H24FN7O2. The summed E-state index contributed by atoms with van der Waals surface area (Å²) < 4.78 is 20.7. The van der Waals surface area contributed by atoms with Crippen LogP contribution in [0.4, 0.5) is 21.7 Å². The van der Waals surface area contributed by atoms with Gasteiger partial charge in [-0.15, -0.1) is 11.5 Å². The minimum absolute atomic E-state index is 0.0400. The molecule has 1 amide bonds. The summed E-state index contributed by atoms with van der Waals surface area (Å²) in [5.74, 6) is 3.34. The molecule has 2 heterocycles. The van der Waals surface area contributed by atoms with E-state index in [4.69, 9.17) is 11.2 Å². The Labute approximate surface area is 230 Å². The van der Waals surface area contributed by atoms with Gasteiger partial charge in [-0.3, -0.25) is 4.79 Å². The number of halogens is 1. The molecule has 0 saturated heterocycles. The topological polar surface area (TPSA) is 107 Å². The molecule has 40 heavy (non-hydrogen) atoms. The van der Waals surface area contributed by atoms with E-state index in [-0.39, 0.29) is 18.3 Å². The second kappa shape index (κ2) is 11.4. The van der Waals surface area contributed by atoms with E-state index in [0.29, 0.717) is 29.0 Å². The minimum atomic E-state index is -0.372. The third-order valence-corrected chi connectivity index (χ3v) is 5.87. The predicted molar refractivity (Wildman–Crippen MR) is 150 cm³/mol. The van der Waals surface area contributed by atoms with Crippen LogP contribution in [0.25, 0.3) is 11.3 Å². The van der Waals surface area contributed by atoms with Crippen molar-refractivity contribution in [2.75, 3.05) is 10.6 Å². The molecule has 0 aliphatic carbocycles. The summed E-state index contributed by atoms with van der Waals surface area (Å²) in [4.78, 5) is 21.1. The zero-order valence-electron chi connectivity index (χ0n) is 21.7. The molecule has 0 atom stereocenters. The highest BCUT2D eigenvalue weighted by molar-refractivity contribution is 5.90. The first kappa shape index (κ1) is 26.1. The van der Waals surface area contributed by atoms with Crippen LogP contribution in [-0.4, -0.2) is 30.9 Å². The van der Waals surface area contributed by atoms with Crippen molar-refractivity contribution in [3.05, 3.63) is 102 Å². The third-order valence-electron chi connectivity index (χ3n) is 5.87. The summed E-state index contributed by atoms with van der Waals surface area (Å²) in [6.07, 6.45) is 8.72. The van der Waals surface area contributed by atoms with Crippen LogP contribution in [0, 0.1) is 32.0 Å². The number of benzene rings is 3. The number of nitrogens with one attached hydrogen (secondary N) is 2. The van der Waals surface area contributed by atoms with Crippen molar-refractivity contribution in [1.82, 2.24) is 25.0 Å². The molecule has 10 heteroatoms. The van der Waals surface area contributed by atoms with Crippen molar-refractivity contribution in [2.45, 2.75) is 20.4 Å². The Morgan fingerprint density at radius 3 is 2.42 bits per heavy atom. The number of aryl methyl sites for hydroxylation is 2. The smallest absolute Gasteiger partial charge is 0.246 e. The SMILES string of the molecule is C#Cc1ccc(Nc2nccc(Oc3c(C)cc(-c4cn(CC(=O)Nc5ccc(F)cc5)nn4)cc3C)n2)cc1. The average Bonchev–Trinajstić information content (AvgIpc) is 3.41. The van der Waals surface area contributed by atoms with Crippen LogP contribution < -0.4 is 15.4 Å². The predicted octanol–water partition coefficient (Wildman–Crippen LogP) is 5.65. The largest absolute Gasteiger partial charge is 0.438 e. The van der Waals surface area contributed by atoms with E-state index in [1.807, 2.05) is 50.2 Å². The van der Waals surface area contributed by atoms with E-state index in [1.54, 1.807) is 18.5 Å². The van der Waals surface area contributed by atoms with Gasteiger partial charge in [-0.25, -0.2) is 14.1 Å². The molecule has 0 radical (unpaired) electrons. The van der Waals surface area contributed by atoms with Crippen LogP contribution >= 0.6 is 0 Å². The average molecular weight is 534 g/mol. The van der Waals surface area contributed by atoms with E-state index in [2.05, 4.69) is 36.8 Å². The lowest BCUT2D eigenvalue weighted by atomic mass is 10.0. The number of hydrogen-bond donors (Lipinski definition) is 2. The molecule has 0 aliphatic rings. The minimum Gasteiger partial charge on any atom is -0.438 e. The molecule has 9 nitrogen and oxygen atoms in total. The molecule has 0 fully saturated rings. The number of amides is 1. The van der Waals surface area contributed by atoms with Crippen molar-refractivity contribution in [3.8, 4) is 35.2 Å². The Hall–Kier alpha value is -5.56. The Kier molecular flexibility index (Phi) is 7.46. The fourth-order valence-electron chi connectivity index (χ4n) is 3.99. The normalized spacial score (nSPS) is 10.6. The van der Waals surface area contributed by atoms with Gasteiger partial charge < -0.3 is 15.4 Å². The van der Waals surface area contributed by atoms with Gasteiger partial charge >= 0.3 is 0 Å². The Morgan fingerprint density at radius 1 is 1.02 bits per heavy atom. The standard InChI is InChI=1S/C30H24FN7O2/c1-4-21-5-9-25(10-6-21)34-30-32-14-13-28(35-30)40-29-19(2)15-22(16-20(29)3)26-17-38(37-36-26)18-27(39)33-24-11-7-23(31)8-12-24/h1,5-17H,18H2,2-3H3,(H,33,39)(H,32,34,35). The van der Waals surface area contributed by atoms with Gasteiger partial charge in [-0.05, 0) is 85.6 Å². The van der Waals surface area contributed by atoms with Crippen molar-refractivity contribution < 1.29 is 13.9 Å². The van der Waals surface area contributed by atoms with Gasteiger partial charge in [0.15, 0.2) is 0 Å². The molecular weight excluding hydrogens is 509 g/mol. The fourth-order valence-corrected chi connectivity index (χ4v) is 3.99. The lowest BCUT2D eigenvalue weighted by Crippen LogP contribution is -2.19. The summed E-state index contributed by atoms with van der Waals surface area (Å²) in [5, 5.41) is 14.1. The van der Waals surface area contributed by atoms with Crippen LogP contribution in [0.5, 0.6) is 11.6 Å². The van der Waals surface area contributed by atoms with Crippen molar-refractivity contribution in [3.63, 3.8) is 0 Å². The number of carbonyl (C=O) groups excluding carboxylic acids is 1. The summed E-state index contributed by atoms with van der Waals surface area (Å²) in [6.45, 7) is 3.82. The molecule has 198 valence electrons. The molecule has 0 unspecified atom stereocenters. The summed E-state index contributed by atoms with van der Waals surface area (Å²) in [5.41, 5.74) is 5.26. The van der Waals surface area contributed by atoms with Gasteiger partial charge in [-0.1, -0.05) is 11.1 Å². The number of aromatic nitrogens is 5. The first-order valence-electron chi connectivity index (χ1n) is 12.3. The van der Waals surface area contributed by atoms with Gasteiger partial charge in [0.1, 0.15) is 23.8 Å². The molecule has 5 aromatic rings. The Balaban J connectivity index is 1.26. The molecule has 0 bridgehead atoms. The van der Waals surface area contributed by atoms with E-state index >= 15 is 0 Å². The van der Waals surface area contributed by atoms with E-state index in [1.165, 1.54) is 28.9 Å². The molecule has 2 aromatic heterocycles. The van der Waals surface area contributed by atoms with Gasteiger partial charge in [-0.2, -0.15) is 4.98 Å². The monoisotopic (exact) mass is 533 g/mol. The number of anilines is 3. The second-order valence-electron chi connectivity index (χ2n) is 8.96. The summed E-state index contributed by atoms with van der Waals surface area (Å²) in [7, 11) is 0. The van der Waals surface area contributed by atoms with Crippen LogP contribution in [0.3, 0.4) is 0 Å². The van der Waals surface area contributed by atoms with Crippen molar-refractivity contribution >= 4 is 23.2 Å². The summed E-state index contributed by atoms with van der Waals surface area (Å²) in [6, 6.07) is 18.5. The number of nitrogens with zero attached hydrogens (tertiary/aromatic N) is 5. The summed E-state index contributed by atoms with van der Waals surface area (Å²) >= 11 is 0. The maximum Gasteiger partial charge on any atom is 0.246 e. The highest BCUT2D eigenvalue weighted by Crippen LogP contribution is 2.32. The van der Waals surface area contributed by atoms with E-state index < -0.39 is 0 Å². The second-order valence-corrected chi connectivity index (χ2v) is 8.96. The highest BCUT2D eigenvalue weighted by atomic mass is 19.1. The van der Waals surface area contributed by atoms with Crippen molar-refractivity contribution in [1.29, 1.82) is 0 Å². The number of hydrogen-bond acceptors (Lipinski definition) is 7. The van der Waals surface area contributed by atoms with Crippen LogP contribution in [0.2, 0.25) is 0 Å². The van der Waals surface area contributed by atoms with Crippen LogP contribution in [-0.2, 0) is 11.3 Å². The van der Waals surface area contributed by atoms with Crippen molar-refractivity contribution in [2.24, 2.45) is 0 Å². The van der Waals surface area contributed by atoms with Crippen LogP contribution in [0.15, 0.2) is 79.1 Å².